The second-order valence-electron chi connectivity index (χ2n) is 9.40. The first-order chi connectivity index (χ1) is 16.1. The average molecular weight is 488 g/mol. The maximum atomic E-state index is 13.2. The fourth-order valence-electron chi connectivity index (χ4n) is 4.70. The third-order valence-electron chi connectivity index (χ3n) is 6.69. The first kappa shape index (κ1) is 24.5. The lowest BCUT2D eigenvalue weighted by atomic mass is 10.1. The quantitative estimate of drug-likeness (QED) is 0.417. The molecule has 1 saturated heterocycles. The van der Waals surface area contributed by atoms with Gasteiger partial charge in [0.1, 0.15) is 0 Å². The molecule has 0 amide bonds. The van der Waals surface area contributed by atoms with Crippen molar-refractivity contribution in [3.8, 4) is 0 Å². The summed E-state index contributed by atoms with van der Waals surface area (Å²) in [6.07, 6.45) is 5.36. The lowest BCUT2D eigenvalue weighted by Gasteiger charge is -2.30. The number of aryl methyl sites for hydroxylation is 1. The molecule has 184 valence electrons. The molecule has 2 fully saturated rings. The maximum Gasteiger partial charge on any atom is 0.340 e. The fourth-order valence-corrected chi connectivity index (χ4v) is 5.63. The maximum absolute atomic E-state index is 13.2. The summed E-state index contributed by atoms with van der Waals surface area (Å²) in [4.78, 5) is 28.2. The van der Waals surface area contributed by atoms with Crippen LogP contribution in [0.4, 0.5) is 5.69 Å². The van der Waals surface area contributed by atoms with E-state index in [4.69, 9.17) is 4.74 Å². The molecule has 1 saturated carbocycles. The number of sulfonamides is 1. The van der Waals surface area contributed by atoms with Crippen LogP contribution in [-0.4, -0.2) is 62.8 Å². The van der Waals surface area contributed by atoms with E-state index in [2.05, 4.69) is 9.47 Å². The number of benzene rings is 1. The molecule has 2 heterocycles. The van der Waals surface area contributed by atoms with Gasteiger partial charge >= 0.3 is 5.97 Å². The van der Waals surface area contributed by atoms with Crippen molar-refractivity contribution in [2.45, 2.75) is 56.9 Å². The first-order valence-corrected chi connectivity index (χ1v) is 13.3. The Labute approximate surface area is 201 Å². The third kappa shape index (κ3) is 4.77. The van der Waals surface area contributed by atoms with Crippen LogP contribution in [0, 0.1) is 13.8 Å². The summed E-state index contributed by atoms with van der Waals surface area (Å²) >= 11 is 0. The Morgan fingerprint density at radius 1 is 1.03 bits per heavy atom. The molecule has 1 aromatic heterocycles. The molecule has 9 heteroatoms. The van der Waals surface area contributed by atoms with Gasteiger partial charge in [0.2, 0.25) is 15.8 Å². The number of aromatic nitrogens is 1. The number of Topliss-reactive ketones (excluding diaryl/α,β-unsaturated/α-hetero) is 1. The van der Waals surface area contributed by atoms with Gasteiger partial charge in [0.25, 0.3) is 0 Å². The Morgan fingerprint density at radius 2 is 1.71 bits per heavy atom. The molecule has 1 aliphatic carbocycles. The van der Waals surface area contributed by atoms with E-state index in [1.165, 1.54) is 26.2 Å². The van der Waals surface area contributed by atoms with Gasteiger partial charge < -0.3 is 14.2 Å². The van der Waals surface area contributed by atoms with Crippen molar-refractivity contribution in [3.63, 3.8) is 0 Å². The number of esters is 1. The Kier molecular flexibility index (Phi) is 6.87. The lowest BCUT2D eigenvalue weighted by Crippen LogP contribution is -2.31. The van der Waals surface area contributed by atoms with Crippen molar-refractivity contribution < 1.29 is 22.7 Å². The number of hydrogen-bond acceptors (Lipinski definition) is 6. The van der Waals surface area contributed by atoms with Gasteiger partial charge in [-0.1, -0.05) is 0 Å². The Balaban J connectivity index is 1.58. The van der Waals surface area contributed by atoms with Crippen LogP contribution in [0.1, 0.15) is 70.2 Å². The average Bonchev–Trinajstić information content (AvgIpc) is 3.61. The van der Waals surface area contributed by atoms with Crippen LogP contribution >= 0.6 is 0 Å². The summed E-state index contributed by atoms with van der Waals surface area (Å²) < 4.78 is 34.1. The second-order valence-corrected chi connectivity index (χ2v) is 11.6. The van der Waals surface area contributed by atoms with Crippen LogP contribution in [0.25, 0.3) is 0 Å². The lowest BCUT2D eigenvalue weighted by molar-refractivity contribution is 0.0475. The van der Waals surface area contributed by atoms with Gasteiger partial charge in [-0.2, -0.15) is 0 Å². The first-order valence-electron chi connectivity index (χ1n) is 11.8. The number of ether oxygens (including phenoxy) is 1. The minimum Gasteiger partial charge on any atom is -0.454 e. The van der Waals surface area contributed by atoms with E-state index in [9.17, 15) is 18.0 Å². The highest BCUT2D eigenvalue weighted by Crippen LogP contribution is 2.38. The van der Waals surface area contributed by atoms with Gasteiger partial charge in [-0.25, -0.2) is 17.5 Å². The van der Waals surface area contributed by atoms with Gasteiger partial charge in [0.15, 0.2) is 6.61 Å². The predicted octanol–water partition coefficient (Wildman–Crippen LogP) is 3.72. The molecule has 8 nitrogen and oxygen atoms in total. The largest absolute Gasteiger partial charge is 0.454 e. The molecule has 2 aromatic rings. The van der Waals surface area contributed by atoms with Crippen molar-refractivity contribution in [3.05, 3.63) is 46.8 Å². The zero-order chi connectivity index (χ0) is 24.6. The SMILES string of the molecule is Cc1cc(C(=O)COC(=O)c2cc(S(=O)(=O)N(C)C)ccc2N2CCCCC2)c(C)n1C1CC1. The number of nitrogens with zero attached hydrogens (tertiary/aromatic N) is 3. The van der Waals surface area contributed by atoms with Crippen molar-refractivity contribution >= 4 is 27.5 Å². The minimum atomic E-state index is -3.73. The molecule has 0 unspecified atom stereocenters. The summed E-state index contributed by atoms with van der Waals surface area (Å²) in [5, 5.41) is 0. The molecule has 0 bridgehead atoms. The van der Waals surface area contributed by atoms with Crippen LogP contribution in [0.3, 0.4) is 0 Å². The predicted molar refractivity (Wildman–Crippen MR) is 130 cm³/mol. The van der Waals surface area contributed by atoms with Gasteiger partial charge in [0.05, 0.1) is 16.1 Å². The number of carbonyl (C=O) groups is 2. The van der Waals surface area contributed by atoms with Crippen LogP contribution in [0.2, 0.25) is 0 Å². The highest BCUT2D eigenvalue weighted by molar-refractivity contribution is 7.89. The van der Waals surface area contributed by atoms with E-state index in [1.54, 1.807) is 6.07 Å². The van der Waals surface area contributed by atoms with E-state index < -0.39 is 22.6 Å². The summed E-state index contributed by atoms with van der Waals surface area (Å²) in [5.41, 5.74) is 3.30. The Bertz CT molecular complexity index is 1210. The van der Waals surface area contributed by atoms with Gasteiger partial charge in [-0.15, -0.1) is 0 Å². The topological polar surface area (TPSA) is 88.9 Å². The molecule has 0 N–H and O–H groups in total. The van der Waals surface area contributed by atoms with E-state index in [1.807, 2.05) is 19.9 Å². The second kappa shape index (κ2) is 9.54. The van der Waals surface area contributed by atoms with Crippen LogP contribution in [0.5, 0.6) is 0 Å². The normalized spacial score (nSPS) is 16.7. The zero-order valence-electron chi connectivity index (χ0n) is 20.3. The zero-order valence-corrected chi connectivity index (χ0v) is 21.2. The van der Waals surface area contributed by atoms with Crippen molar-refractivity contribution in [1.29, 1.82) is 0 Å². The summed E-state index contributed by atoms with van der Waals surface area (Å²) in [6, 6.07) is 6.87. The van der Waals surface area contributed by atoms with Crippen molar-refractivity contribution in [2.75, 3.05) is 38.7 Å². The van der Waals surface area contributed by atoms with Crippen molar-refractivity contribution in [1.82, 2.24) is 8.87 Å². The molecule has 0 spiro atoms. The number of hydrogen-bond donors (Lipinski definition) is 0. The minimum absolute atomic E-state index is 0.0181. The number of anilines is 1. The van der Waals surface area contributed by atoms with Crippen LogP contribution < -0.4 is 4.90 Å². The Morgan fingerprint density at radius 3 is 2.32 bits per heavy atom. The molecule has 2 aliphatic rings. The van der Waals surface area contributed by atoms with E-state index in [0.717, 1.165) is 60.9 Å². The number of piperidine rings is 1. The summed E-state index contributed by atoms with van der Waals surface area (Å²) in [5.74, 6) is -0.953. The van der Waals surface area contributed by atoms with Crippen LogP contribution in [-0.2, 0) is 14.8 Å². The van der Waals surface area contributed by atoms with E-state index >= 15 is 0 Å². The molecule has 0 atom stereocenters. The van der Waals surface area contributed by atoms with E-state index in [0.29, 0.717) is 17.3 Å². The standard InChI is InChI=1S/C25H33N3O5S/c1-17-14-21(18(2)28(17)19-8-9-19)24(29)16-33-25(30)22-15-20(34(31,32)26(3)4)10-11-23(22)27-12-6-5-7-13-27/h10-11,14-15,19H,5-9,12-13,16H2,1-4H3. The highest BCUT2D eigenvalue weighted by atomic mass is 32.2. The smallest absolute Gasteiger partial charge is 0.340 e. The molecule has 1 aromatic carbocycles. The fraction of sp³-hybridized carbons (Fsp3) is 0.520. The molecule has 34 heavy (non-hydrogen) atoms. The molecular weight excluding hydrogens is 454 g/mol. The van der Waals surface area contributed by atoms with E-state index in [-0.39, 0.29) is 16.2 Å². The highest BCUT2D eigenvalue weighted by Gasteiger charge is 2.29. The number of carbonyl (C=O) groups excluding carboxylic acids is 2. The number of rotatable bonds is 8. The van der Waals surface area contributed by atoms with Gasteiger partial charge in [0, 0.05) is 50.2 Å². The van der Waals surface area contributed by atoms with Crippen LogP contribution in [0.15, 0.2) is 29.2 Å². The molecule has 1 aliphatic heterocycles. The molecular formula is C25H33N3O5S. The van der Waals surface area contributed by atoms with Gasteiger partial charge in [-0.05, 0) is 70.2 Å². The van der Waals surface area contributed by atoms with Gasteiger partial charge in [-0.3, -0.25) is 4.79 Å². The monoisotopic (exact) mass is 487 g/mol. The number of ketones is 1. The summed E-state index contributed by atoms with van der Waals surface area (Å²) in [7, 11) is -0.833. The Hall–Kier alpha value is -2.65. The third-order valence-corrected chi connectivity index (χ3v) is 8.51. The molecule has 0 radical (unpaired) electrons. The van der Waals surface area contributed by atoms with Crippen molar-refractivity contribution in [2.24, 2.45) is 0 Å². The molecule has 4 rings (SSSR count). The summed E-state index contributed by atoms with van der Waals surface area (Å²) in [6.45, 7) is 5.08.